The normalized spacial score (nSPS) is 11.5. The Balaban J connectivity index is 2.12. The van der Waals surface area contributed by atoms with Crippen molar-refractivity contribution in [1.82, 2.24) is 9.55 Å². The summed E-state index contributed by atoms with van der Waals surface area (Å²) in [5.41, 5.74) is 0.189. The molecule has 0 aliphatic heterocycles. The van der Waals surface area contributed by atoms with Crippen molar-refractivity contribution in [2.24, 2.45) is 7.05 Å². The van der Waals surface area contributed by atoms with Crippen LogP contribution in [0, 0.1) is 0 Å². The number of aromatic carboxylic acids is 1. The first-order valence-electron chi connectivity index (χ1n) is 7.26. The van der Waals surface area contributed by atoms with E-state index in [-0.39, 0.29) is 11.3 Å². The number of benzene rings is 2. The molecular formula is C17H11F3N2O4. The van der Waals surface area contributed by atoms with Crippen LogP contribution < -0.4 is 10.3 Å². The molecule has 0 amide bonds. The van der Waals surface area contributed by atoms with Gasteiger partial charge in [-0.15, -0.1) is 13.2 Å². The lowest BCUT2D eigenvalue weighted by molar-refractivity contribution is -0.274. The summed E-state index contributed by atoms with van der Waals surface area (Å²) in [6.07, 6.45) is -4.80. The minimum atomic E-state index is -4.80. The third-order valence-electron chi connectivity index (χ3n) is 3.68. The molecule has 0 aliphatic rings. The third kappa shape index (κ3) is 3.37. The molecule has 0 saturated heterocycles. The standard InChI is InChI=1S/C17H11F3N2O4/c1-22-13-8-10(5-6-12(13)21-14(15(22)23)16(24)25)9-3-2-4-11(7-9)26-17(18,19)20/h2-8H,1H3,(H,24,25). The van der Waals surface area contributed by atoms with E-state index in [9.17, 15) is 22.8 Å². The molecule has 0 unspecified atom stereocenters. The van der Waals surface area contributed by atoms with Gasteiger partial charge in [-0.25, -0.2) is 9.78 Å². The summed E-state index contributed by atoms with van der Waals surface area (Å²) in [7, 11) is 1.39. The molecule has 0 aliphatic carbocycles. The van der Waals surface area contributed by atoms with E-state index in [1.54, 1.807) is 18.2 Å². The zero-order chi connectivity index (χ0) is 19.1. The van der Waals surface area contributed by atoms with E-state index in [2.05, 4.69) is 9.72 Å². The number of nitrogens with zero attached hydrogens (tertiary/aromatic N) is 2. The molecule has 0 radical (unpaired) electrons. The highest BCUT2D eigenvalue weighted by molar-refractivity contribution is 5.89. The summed E-state index contributed by atoms with van der Waals surface area (Å²) >= 11 is 0. The highest BCUT2D eigenvalue weighted by Gasteiger charge is 2.31. The number of halogens is 3. The van der Waals surface area contributed by atoms with Gasteiger partial charge < -0.3 is 14.4 Å². The highest BCUT2D eigenvalue weighted by atomic mass is 19.4. The van der Waals surface area contributed by atoms with Crippen molar-refractivity contribution in [1.29, 1.82) is 0 Å². The van der Waals surface area contributed by atoms with Crippen LogP contribution in [0.15, 0.2) is 47.3 Å². The number of rotatable bonds is 3. The van der Waals surface area contributed by atoms with Gasteiger partial charge in [0, 0.05) is 7.05 Å². The van der Waals surface area contributed by atoms with Crippen LogP contribution in [0.4, 0.5) is 13.2 Å². The average molecular weight is 364 g/mol. The molecule has 2 aromatic carbocycles. The fourth-order valence-corrected chi connectivity index (χ4v) is 2.51. The number of carbonyl (C=O) groups is 1. The van der Waals surface area contributed by atoms with Gasteiger partial charge in [0.2, 0.25) is 5.69 Å². The zero-order valence-corrected chi connectivity index (χ0v) is 13.2. The molecule has 134 valence electrons. The van der Waals surface area contributed by atoms with Crippen LogP contribution in [0.25, 0.3) is 22.2 Å². The van der Waals surface area contributed by atoms with Gasteiger partial charge in [0.05, 0.1) is 11.0 Å². The Hall–Kier alpha value is -3.36. The number of hydrogen-bond donors (Lipinski definition) is 1. The van der Waals surface area contributed by atoms with Gasteiger partial charge in [-0.05, 0) is 35.4 Å². The van der Waals surface area contributed by atoms with Crippen molar-refractivity contribution in [3.05, 3.63) is 58.5 Å². The second-order valence-electron chi connectivity index (χ2n) is 5.41. The molecule has 0 bridgehead atoms. The predicted molar refractivity (Wildman–Crippen MR) is 86.1 cm³/mol. The first kappa shape index (κ1) is 17.5. The van der Waals surface area contributed by atoms with Crippen LogP contribution in [0.1, 0.15) is 10.5 Å². The minimum Gasteiger partial charge on any atom is -0.476 e. The number of carboxylic acid groups (broad SMARTS) is 1. The van der Waals surface area contributed by atoms with Crippen molar-refractivity contribution < 1.29 is 27.8 Å². The van der Waals surface area contributed by atoms with Crippen LogP contribution in [0.5, 0.6) is 5.75 Å². The summed E-state index contributed by atoms with van der Waals surface area (Å²) in [5, 5.41) is 9.02. The first-order chi connectivity index (χ1) is 12.2. The van der Waals surface area contributed by atoms with Gasteiger partial charge >= 0.3 is 12.3 Å². The van der Waals surface area contributed by atoms with Crippen LogP contribution in [0.2, 0.25) is 0 Å². The Bertz CT molecular complexity index is 1070. The monoisotopic (exact) mass is 364 g/mol. The zero-order valence-electron chi connectivity index (χ0n) is 13.2. The molecular weight excluding hydrogens is 353 g/mol. The quantitative estimate of drug-likeness (QED) is 0.772. The number of carboxylic acids is 1. The molecule has 3 rings (SSSR count). The van der Waals surface area contributed by atoms with Crippen LogP contribution >= 0.6 is 0 Å². The number of ether oxygens (including phenoxy) is 1. The molecule has 1 aromatic heterocycles. The molecule has 3 aromatic rings. The fourth-order valence-electron chi connectivity index (χ4n) is 2.51. The molecule has 6 nitrogen and oxygen atoms in total. The summed E-state index contributed by atoms with van der Waals surface area (Å²) in [6.45, 7) is 0. The van der Waals surface area contributed by atoms with Gasteiger partial charge in [-0.1, -0.05) is 18.2 Å². The first-order valence-corrected chi connectivity index (χ1v) is 7.26. The number of hydrogen-bond acceptors (Lipinski definition) is 4. The largest absolute Gasteiger partial charge is 0.573 e. The third-order valence-corrected chi connectivity index (χ3v) is 3.68. The minimum absolute atomic E-state index is 0.274. The average Bonchev–Trinajstić information content (AvgIpc) is 2.56. The van der Waals surface area contributed by atoms with E-state index < -0.39 is 23.6 Å². The maximum atomic E-state index is 12.4. The summed E-state index contributed by atoms with van der Waals surface area (Å²) in [5.74, 6) is -1.81. The molecule has 0 atom stereocenters. The maximum Gasteiger partial charge on any atom is 0.573 e. The van der Waals surface area contributed by atoms with E-state index in [0.717, 1.165) is 4.57 Å². The Morgan fingerprint density at radius 1 is 1.15 bits per heavy atom. The molecule has 0 spiro atoms. The van der Waals surface area contributed by atoms with Crippen molar-refractivity contribution in [3.8, 4) is 16.9 Å². The highest BCUT2D eigenvalue weighted by Crippen LogP contribution is 2.29. The summed E-state index contributed by atoms with van der Waals surface area (Å²) in [6, 6.07) is 9.99. The van der Waals surface area contributed by atoms with E-state index in [1.807, 2.05) is 0 Å². The Kier molecular flexibility index (Phi) is 4.15. The maximum absolute atomic E-state index is 12.4. The number of fused-ring (bicyclic) bond motifs is 1. The number of aryl methyl sites for hydroxylation is 1. The molecule has 0 saturated carbocycles. The van der Waals surface area contributed by atoms with E-state index in [0.29, 0.717) is 16.6 Å². The van der Waals surface area contributed by atoms with Crippen molar-refractivity contribution >= 4 is 17.0 Å². The SMILES string of the molecule is Cn1c(=O)c(C(=O)O)nc2ccc(-c3cccc(OC(F)(F)F)c3)cc21. The van der Waals surface area contributed by atoms with Gasteiger partial charge in [-0.3, -0.25) is 4.79 Å². The number of aromatic nitrogens is 2. The number of alkyl halides is 3. The Morgan fingerprint density at radius 3 is 2.50 bits per heavy atom. The van der Waals surface area contributed by atoms with Gasteiger partial charge in [0.1, 0.15) is 5.75 Å². The summed E-state index contributed by atoms with van der Waals surface area (Å²) < 4.78 is 42.1. The van der Waals surface area contributed by atoms with Gasteiger partial charge in [-0.2, -0.15) is 0 Å². The van der Waals surface area contributed by atoms with Gasteiger partial charge in [0.25, 0.3) is 5.56 Å². The smallest absolute Gasteiger partial charge is 0.476 e. The Labute approximate surface area is 144 Å². The van der Waals surface area contributed by atoms with E-state index in [1.165, 1.54) is 31.3 Å². The van der Waals surface area contributed by atoms with Gasteiger partial charge in [0.15, 0.2) is 0 Å². The summed E-state index contributed by atoms with van der Waals surface area (Å²) in [4.78, 5) is 27.0. The fraction of sp³-hybridized carbons (Fsp3) is 0.118. The topological polar surface area (TPSA) is 81.4 Å². The molecule has 1 N–H and O–H groups in total. The molecule has 1 heterocycles. The Morgan fingerprint density at radius 2 is 1.85 bits per heavy atom. The lowest BCUT2D eigenvalue weighted by Gasteiger charge is -2.11. The van der Waals surface area contributed by atoms with Crippen LogP contribution in [-0.2, 0) is 7.05 Å². The van der Waals surface area contributed by atoms with Crippen LogP contribution in [0.3, 0.4) is 0 Å². The van der Waals surface area contributed by atoms with Crippen LogP contribution in [-0.4, -0.2) is 27.0 Å². The molecule has 0 fully saturated rings. The van der Waals surface area contributed by atoms with E-state index >= 15 is 0 Å². The second-order valence-corrected chi connectivity index (χ2v) is 5.41. The molecule has 26 heavy (non-hydrogen) atoms. The van der Waals surface area contributed by atoms with Crippen molar-refractivity contribution in [2.75, 3.05) is 0 Å². The second kappa shape index (κ2) is 6.17. The van der Waals surface area contributed by atoms with Crippen molar-refractivity contribution in [2.45, 2.75) is 6.36 Å². The molecule has 9 heteroatoms. The predicted octanol–water partition coefficient (Wildman–Crippen LogP) is 3.20. The van der Waals surface area contributed by atoms with Crippen molar-refractivity contribution in [3.63, 3.8) is 0 Å². The lowest BCUT2D eigenvalue weighted by Crippen LogP contribution is -2.26. The lowest BCUT2D eigenvalue weighted by atomic mass is 10.0. The van der Waals surface area contributed by atoms with E-state index in [4.69, 9.17) is 5.11 Å².